The van der Waals surface area contributed by atoms with Crippen LogP contribution in [-0.2, 0) is 31.9 Å². The third-order valence-electron chi connectivity index (χ3n) is 10.9. The number of aromatic nitrogens is 3. The largest absolute Gasteiger partial charge is 0.507 e. The number of phenols is 1. The molecule has 0 unspecified atom stereocenters. The minimum absolute atomic E-state index is 0. The topological polar surface area (TPSA) is 50.9 Å². The van der Waals surface area contributed by atoms with Crippen LogP contribution in [0.25, 0.3) is 72.7 Å². The van der Waals surface area contributed by atoms with Gasteiger partial charge in [-0.15, -0.1) is 29.3 Å². The summed E-state index contributed by atoms with van der Waals surface area (Å²) in [5, 5.41) is 11.4. The number of para-hydroxylation sites is 2. The smallest absolute Gasteiger partial charge is 0.148 e. The number of imidazole rings is 1. The summed E-state index contributed by atoms with van der Waals surface area (Å²) < 4.78 is 11.2. The van der Waals surface area contributed by atoms with E-state index in [1.165, 1.54) is 5.56 Å². The van der Waals surface area contributed by atoms with Gasteiger partial charge in [0.25, 0.3) is 0 Å². The van der Waals surface area contributed by atoms with E-state index in [0.29, 0.717) is 11.4 Å². The van der Waals surface area contributed by atoms with Crippen molar-refractivity contribution in [1.82, 2.24) is 14.5 Å². The molecular weight excluding hydrogens is 890 g/mol. The zero-order valence-electron chi connectivity index (χ0n) is 35.5. The first kappa shape index (κ1) is 39.3. The molecular formula is C53H50N3OPt-. The number of hydrogen-bond acceptors (Lipinski definition) is 3. The van der Waals surface area contributed by atoms with Crippen molar-refractivity contribution in [3.05, 3.63) is 168 Å². The number of hydrogen-bond donors (Lipinski definition) is 1. The van der Waals surface area contributed by atoms with Crippen molar-refractivity contribution in [3.8, 4) is 67.5 Å². The monoisotopic (exact) mass is 940 g/mol. The van der Waals surface area contributed by atoms with Gasteiger partial charge >= 0.3 is 0 Å². The van der Waals surface area contributed by atoms with Crippen LogP contribution in [0.5, 0.6) is 5.75 Å². The first-order valence-corrected chi connectivity index (χ1v) is 19.7. The molecule has 0 aliphatic carbocycles. The zero-order valence-corrected chi connectivity index (χ0v) is 36.7. The number of aromatic hydroxyl groups is 1. The summed E-state index contributed by atoms with van der Waals surface area (Å²) >= 11 is 0. The maximum absolute atomic E-state index is 11.4. The van der Waals surface area contributed by atoms with Gasteiger partial charge in [0.15, 0.2) is 0 Å². The summed E-state index contributed by atoms with van der Waals surface area (Å²) in [5.41, 5.74) is 14.2. The van der Waals surface area contributed by atoms with E-state index < -0.39 is 5.89 Å². The number of fused-ring (bicyclic) bond motifs is 1. The van der Waals surface area contributed by atoms with Gasteiger partial charge in [-0.3, -0.25) is 9.55 Å². The summed E-state index contributed by atoms with van der Waals surface area (Å²) in [7, 11) is 0. The average molecular weight is 941 g/mol. The molecule has 0 bridgehead atoms. The van der Waals surface area contributed by atoms with Gasteiger partial charge in [0, 0.05) is 39.9 Å². The Hall–Kier alpha value is -5.57. The van der Waals surface area contributed by atoms with Gasteiger partial charge < -0.3 is 5.11 Å². The summed E-state index contributed by atoms with van der Waals surface area (Å²) in [5.74, 6) is -0.0475. The predicted molar refractivity (Wildman–Crippen MR) is 238 cm³/mol. The Bertz CT molecular complexity index is 2790. The molecule has 0 atom stereocenters. The van der Waals surface area contributed by atoms with E-state index >= 15 is 0 Å². The third kappa shape index (κ3) is 7.96. The van der Waals surface area contributed by atoms with E-state index in [4.69, 9.17) is 11.3 Å². The van der Waals surface area contributed by atoms with E-state index in [0.717, 1.165) is 72.5 Å². The van der Waals surface area contributed by atoms with Crippen molar-refractivity contribution in [2.24, 2.45) is 0 Å². The number of phenolic OH excluding ortho intramolecular Hbond substituents is 1. The van der Waals surface area contributed by atoms with Crippen LogP contribution in [0.3, 0.4) is 0 Å². The Morgan fingerprint density at radius 2 is 1.29 bits per heavy atom. The quantitative estimate of drug-likeness (QED) is 0.162. The number of benzene rings is 6. The zero-order chi connectivity index (χ0) is 41.0. The second-order valence-electron chi connectivity index (χ2n) is 17.3. The van der Waals surface area contributed by atoms with Crippen molar-refractivity contribution in [2.45, 2.75) is 72.1 Å². The molecule has 58 heavy (non-hydrogen) atoms. The van der Waals surface area contributed by atoms with Gasteiger partial charge in [-0.05, 0) is 80.9 Å². The minimum Gasteiger partial charge on any atom is -0.507 e. The molecule has 2 heterocycles. The third-order valence-corrected chi connectivity index (χ3v) is 10.9. The molecule has 0 saturated heterocycles. The maximum atomic E-state index is 11.4. The molecule has 294 valence electrons. The van der Waals surface area contributed by atoms with Gasteiger partial charge in [-0.2, -0.15) is 0 Å². The van der Waals surface area contributed by atoms with Gasteiger partial charge in [0.2, 0.25) is 0 Å². The standard InChI is InChI=1S/C53H50N3O.Pt/c1-34(2)37-23-26-47(45(32-37)36-21-24-41(25-22-36)52(3,4)5)56-48-19-14-18-43(50(48)55-51(56)44-17-12-13-20-49(44)57)39-29-40(31-42(30-39)53(6,7)8)46-33-38(27-28-54-46)35-15-10-9-11-16-35;/h9-28,30-34,57H,1-8H3;/q-1;/i34D;. The molecule has 8 aromatic rings. The number of nitrogens with zero attached hydrogens (tertiary/aromatic N) is 3. The van der Waals surface area contributed by atoms with Crippen LogP contribution >= 0.6 is 0 Å². The van der Waals surface area contributed by atoms with E-state index in [1.54, 1.807) is 6.07 Å². The SMILES string of the molecule is [2H]C(C)(C)c1ccc(-n2c(-c3ccccc3O)nc3c(-c4[c-]c(-c5cc(-c6ccccc6)ccn5)cc(C(C)(C)C)c4)cccc32)c(-c2ccc(C(C)(C)C)cc2)c1.[Pt]. The van der Waals surface area contributed by atoms with E-state index in [1.807, 2.05) is 56.4 Å². The van der Waals surface area contributed by atoms with Crippen LogP contribution in [-0.4, -0.2) is 19.6 Å². The molecule has 4 nitrogen and oxygen atoms in total. The Balaban J connectivity index is 0.00000528. The van der Waals surface area contributed by atoms with Crippen molar-refractivity contribution in [1.29, 1.82) is 0 Å². The van der Waals surface area contributed by atoms with Crippen molar-refractivity contribution in [2.75, 3.05) is 0 Å². The fourth-order valence-corrected chi connectivity index (χ4v) is 7.50. The summed E-state index contributed by atoms with van der Waals surface area (Å²) in [6.45, 7) is 17.2. The van der Waals surface area contributed by atoms with Crippen molar-refractivity contribution >= 4 is 11.0 Å². The van der Waals surface area contributed by atoms with Gasteiger partial charge in [0.1, 0.15) is 11.6 Å². The first-order valence-electron chi connectivity index (χ1n) is 20.2. The molecule has 1 N–H and O–H groups in total. The summed E-state index contributed by atoms with van der Waals surface area (Å²) in [4.78, 5) is 10.3. The van der Waals surface area contributed by atoms with E-state index in [9.17, 15) is 5.11 Å². The van der Waals surface area contributed by atoms with E-state index in [-0.39, 0.29) is 37.6 Å². The molecule has 0 amide bonds. The first-order chi connectivity index (χ1) is 27.6. The summed E-state index contributed by atoms with van der Waals surface area (Å²) in [6.07, 6.45) is 1.87. The predicted octanol–water partition coefficient (Wildman–Crippen LogP) is 14.0. The summed E-state index contributed by atoms with van der Waals surface area (Å²) in [6, 6.07) is 51.5. The molecule has 0 radical (unpaired) electrons. The van der Waals surface area contributed by atoms with Crippen molar-refractivity contribution in [3.63, 3.8) is 0 Å². The molecule has 0 fully saturated rings. The van der Waals surface area contributed by atoms with Crippen LogP contribution in [0.4, 0.5) is 0 Å². The molecule has 0 aliphatic rings. The normalized spacial score (nSPS) is 12.3. The van der Waals surface area contributed by atoms with Crippen LogP contribution in [0.15, 0.2) is 146 Å². The fourth-order valence-electron chi connectivity index (χ4n) is 7.50. The second kappa shape index (κ2) is 16.0. The number of pyridine rings is 1. The average Bonchev–Trinajstić information content (AvgIpc) is 3.59. The fraction of sp³-hybridized carbons (Fsp3) is 0.208. The van der Waals surface area contributed by atoms with Crippen molar-refractivity contribution < 1.29 is 27.5 Å². The Kier molecular flexibility index (Phi) is 10.8. The molecule has 8 rings (SSSR count). The van der Waals surface area contributed by atoms with Crippen LogP contribution in [0.1, 0.15) is 79.3 Å². The van der Waals surface area contributed by atoms with Gasteiger partial charge in [0.05, 0.1) is 22.3 Å². The van der Waals surface area contributed by atoms with Gasteiger partial charge in [-0.1, -0.05) is 158 Å². The Morgan fingerprint density at radius 3 is 1.98 bits per heavy atom. The van der Waals surface area contributed by atoms with Crippen LogP contribution < -0.4 is 0 Å². The molecule has 6 aromatic carbocycles. The van der Waals surface area contributed by atoms with Crippen LogP contribution in [0.2, 0.25) is 0 Å². The molecule has 5 heteroatoms. The second-order valence-corrected chi connectivity index (χ2v) is 17.3. The molecule has 0 spiro atoms. The molecule has 0 saturated carbocycles. The Morgan fingerprint density at radius 1 is 0.621 bits per heavy atom. The maximum Gasteiger partial charge on any atom is 0.148 e. The Labute approximate surface area is 359 Å². The van der Waals surface area contributed by atoms with E-state index in [2.05, 4.69) is 149 Å². The molecule has 0 aliphatic heterocycles. The molecule has 2 aromatic heterocycles. The number of rotatable bonds is 7. The minimum atomic E-state index is -0.815. The van der Waals surface area contributed by atoms with Gasteiger partial charge in [-0.25, -0.2) is 4.98 Å². The van der Waals surface area contributed by atoms with Crippen LogP contribution in [0, 0.1) is 6.07 Å².